The number of benzene rings is 3. The number of allylic oxidation sites excluding steroid dienone is 1. The van der Waals surface area contributed by atoms with Crippen LogP contribution < -0.4 is 18.9 Å². The summed E-state index contributed by atoms with van der Waals surface area (Å²) in [6.45, 7) is 1.89. The lowest BCUT2D eigenvalue weighted by molar-refractivity contribution is 0.101. The quantitative estimate of drug-likeness (QED) is 0.504. The molecule has 0 bridgehead atoms. The first kappa shape index (κ1) is 20.5. The van der Waals surface area contributed by atoms with Gasteiger partial charge in [0.25, 0.3) is 0 Å². The number of hydrogen-bond acceptors (Lipinski definition) is 5. The molecule has 31 heavy (non-hydrogen) atoms. The number of rotatable bonds is 6. The molecule has 0 saturated carbocycles. The van der Waals surface area contributed by atoms with Crippen molar-refractivity contribution >= 4 is 11.9 Å². The summed E-state index contributed by atoms with van der Waals surface area (Å²) in [4.78, 5) is 12.9. The number of ketones is 1. The van der Waals surface area contributed by atoms with Gasteiger partial charge in [-0.15, -0.1) is 0 Å². The molecular formula is C25H21FO5. The van der Waals surface area contributed by atoms with Crippen molar-refractivity contribution in [1.29, 1.82) is 0 Å². The SMILES string of the molecule is COc1ccc(/C=C2\Oc3cc(OCc4ccccc4F)cc(C)c3C2=O)cc1OC. The molecule has 0 unspecified atom stereocenters. The lowest BCUT2D eigenvalue weighted by atomic mass is 10.0. The lowest BCUT2D eigenvalue weighted by Gasteiger charge is -2.09. The summed E-state index contributed by atoms with van der Waals surface area (Å²) >= 11 is 0. The summed E-state index contributed by atoms with van der Waals surface area (Å²) < 4.78 is 36.0. The van der Waals surface area contributed by atoms with Crippen LogP contribution in [0.15, 0.2) is 60.4 Å². The molecule has 0 radical (unpaired) electrons. The van der Waals surface area contributed by atoms with Crippen molar-refractivity contribution in [3.8, 4) is 23.0 Å². The fourth-order valence-electron chi connectivity index (χ4n) is 3.43. The van der Waals surface area contributed by atoms with E-state index in [9.17, 15) is 9.18 Å². The summed E-state index contributed by atoms with van der Waals surface area (Å²) in [6, 6.07) is 15.2. The molecule has 0 aliphatic carbocycles. The van der Waals surface area contributed by atoms with E-state index >= 15 is 0 Å². The number of carbonyl (C=O) groups is 1. The van der Waals surface area contributed by atoms with Crippen molar-refractivity contribution in [1.82, 2.24) is 0 Å². The van der Waals surface area contributed by atoms with E-state index in [1.54, 1.807) is 62.8 Å². The number of ether oxygens (including phenoxy) is 4. The minimum absolute atomic E-state index is 0.0766. The van der Waals surface area contributed by atoms with Gasteiger partial charge in [0.1, 0.15) is 23.9 Å². The molecule has 5 nitrogen and oxygen atoms in total. The maximum absolute atomic E-state index is 13.8. The fraction of sp³-hybridized carbons (Fsp3) is 0.160. The zero-order chi connectivity index (χ0) is 22.0. The van der Waals surface area contributed by atoms with Gasteiger partial charge >= 0.3 is 0 Å². The highest BCUT2D eigenvalue weighted by Gasteiger charge is 2.30. The Hall–Kier alpha value is -3.80. The lowest BCUT2D eigenvalue weighted by Crippen LogP contribution is -2.01. The molecule has 158 valence electrons. The van der Waals surface area contributed by atoms with Gasteiger partial charge < -0.3 is 18.9 Å². The molecule has 3 aromatic rings. The van der Waals surface area contributed by atoms with Crippen molar-refractivity contribution in [3.05, 3.63) is 88.4 Å². The average molecular weight is 420 g/mol. The Bertz CT molecular complexity index is 1180. The summed E-state index contributed by atoms with van der Waals surface area (Å²) in [5.41, 5.74) is 2.40. The van der Waals surface area contributed by atoms with Gasteiger partial charge in [0.05, 0.1) is 19.8 Å². The van der Waals surface area contributed by atoms with Crippen molar-refractivity contribution in [2.45, 2.75) is 13.5 Å². The van der Waals surface area contributed by atoms with Crippen LogP contribution in [0, 0.1) is 12.7 Å². The number of methoxy groups -OCH3 is 2. The van der Waals surface area contributed by atoms with E-state index in [0.29, 0.717) is 34.1 Å². The Labute approximate surface area is 179 Å². The predicted octanol–water partition coefficient (Wildman–Crippen LogP) is 5.35. The number of aryl methyl sites for hydroxylation is 1. The van der Waals surface area contributed by atoms with Crippen LogP contribution in [-0.2, 0) is 6.61 Å². The molecule has 6 heteroatoms. The molecule has 0 N–H and O–H groups in total. The molecule has 0 amide bonds. The van der Waals surface area contributed by atoms with E-state index in [0.717, 1.165) is 11.1 Å². The van der Waals surface area contributed by atoms with Gasteiger partial charge in [-0.1, -0.05) is 24.3 Å². The first-order chi connectivity index (χ1) is 15.0. The standard InChI is InChI=1S/C25H21FO5/c1-15-10-18(30-14-17-6-4-5-7-19(17)26)13-22-24(15)25(27)23(31-22)12-16-8-9-20(28-2)21(11-16)29-3/h4-13H,14H2,1-3H3/b23-12-. The molecule has 0 saturated heterocycles. The van der Waals surface area contributed by atoms with Gasteiger partial charge in [-0.3, -0.25) is 4.79 Å². The van der Waals surface area contributed by atoms with Crippen molar-refractivity contribution in [2.75, 3.05) is 14.2 Å². The third-order valence-electron chi connectivity index (χ3n) is 5.00. The molecule has 0 aromatic heterocycles. The van der Waals surface area contributed by atoms with Gasteiger partial charge in [0.15, 0.2) is 17.3 Å². The zero-order valence-electron chi connectivity index (χ0n) is 17.4. The average Bonchev–Trinajstić information content (AvgIpc) is 3.08. The van der Waals surface area contributed by atoms with Gasteiger partial charge in [0.2, 0.25) is 5.78 Å². The summed E-state index contributed by atoms with van der Waals surface area (Å²) in [5, 5.41) is 0. The van der Waals surface area contributed by atoms with Crippen LogP contribution in [0.3, 0.4) is 0 Å². The molecular weight excluding hydrogens is 399 g/mol. The Morgan fingerprint density at radius 2 is 1.77 bits per heavy atom. The molecule has 1 aliphatic rings. The van der Waals surface area contributed by atoms with Crippen molar-refractivity contribution in [2.24, 2.45) is 0 Å². The number of carbonyl (C=O) groups excluding carboxylic acids is 1. The van der Waals surface area contributed by atoms with Gasteiger partial charge in [-0.25, -0.2) is 4.39 Å². The maximum Gasteiger partial charge on any atom is 0.232 e. The van der Waals surface area contributed by atoms with E-state index in [4.69, 9.17) is 18.9 Å². The molecule has 1 aliphatic heterocycles. The summed E-state index contributed by atoms with van der Waals surface area (Å²) in [5.74, 6) is 1.74. The van der Waals surface area contributed by atoms with Crippen LogP contribution in [0.1, 0.15) is 27.0 Å². The third kappa shape index (κ3) is 4.10. The first-order valence-corrected chi connectivity index (χ1v) is 9.67. The number of halogens is 1. The minimum atomic E-state index is -0.327. The number of Topliss-reactive ketones (excluding diaryl/α,β-unsaturated/α-hetero) is 1. The van der Waals surface area contributed by atoms with Crippen LogP contribution in [0.25, 0.3) is 6.08 Å². The van der Waals surface area contributed by atoms with Crippen LogP contribution in [-0.4, -0.2) is 20.0 Å². The summed E-state index contributed by atoms with van der Waals surface area (Å²) in [7, 11) is 3.11. The van der Waals surface area contributed by atoms with Crippen LogP contribution in [0.5, 0.6) is 23.0 Å². The Morgan fingerprint density at radius 3 is 2.52 bits per heavy atom. The normalized spacial score (nSPS) is 13.7. The van der Waals surface area contributed by atoms with Crippen LogP contribution >= 0.6 is 0 Å². The first-order valence-electron chi connectivity index (χ1n) is 9.67. The monoisotopic (exact) mass is 420 g/mol. The predicted molar refractivity (Wildman–Crippen MR) is 114 cm³/mol. The largest absolute Gasteiger partial charge is 0.493 e. The highest BCUT2D eigenvalue weighted by molar-refractivity contribution is 6.15. The number of fused-ring (bicyclic) bond motifs is 1. The van der Waals surface area contributed by atoms with E-state index < -0.39 is 0 Å². The van der Waals surface area contributed by atoms with Crippen LogP contribution in [0.2, 0.25) is 0 Å². The van der Waals surface area contributed by atoms with Crippen molar-refractivity contribution in [3.63, 3.8) is 0 Å². The smallest absolute Gasteiger partial charge is 0.232 e. The second-order valence-electron chi connectivity index (χ2n) is 7.05. The van der Waals surface area contributed by atoms with Crippen LogP contribution in [0.4, 0.5) is 4.39 Å². The molecule has 0 atom stereocenters. The van der Waals surface area contributed by atoms with E-state index in [1.807, 2.05) is 13.0 Å². The van der Waals surface area contributed by atoms with E-state index in [-0.39, 0.29) is 24.0 Å². The maximum atomic E-state index is 13.8. The Kier molecular flexibility index (Phi) is 5.62. The zero-order valence-corrected chi connectivity index (χ0v) is 17.4. The molecule has 1 heterocycles. The summed E-state index contributed by atoms with van der Waals surface area (Å²) in [6.07, 6.45) is 1.66. The van der Waals surface area contributed by atoms with E-state index in [2.05, 4.69) is 0 Å². The molecule has 0 fully saturated rings. The fourth-order valence-corrected chi connectivity index (χ4v) is 3.43. The molecule has 0 spiro atoms. The molecule has 3 aromatic carbocycles. The highest BCUT2D eigenvalue weighted by atomic mass is 19.1. The Morgan fingerprint density at radius 1 is 1.00 bits per heavy atom. The number of hydrogen-bond donors (Lipinski definition) is 0. The topological polar surface area (TPSA) is 54.0 Å². The highest BCUT2D eigenvalue weighted by Crippen LogP contribution is 2.38. The van der Waals surface area contributed by atoms with Gasteiger partial charge in [-0.05, 0) is 48.4 Å². The Balaban J connectivity index is 1.58. The third-order valence-corrected chi connectivity index (χ3v) is 5.00. The van der Waals surface area contributed by atoms with Crippen molar-refractivity contribution < 1.29 is 28.1 Å². The molecule has 4 rings (SSSR count). The van der Waals surface area contributed by atoms with Gasteiger partial charge in [0, 0.05) is 11.6 Å². The second kappa shape index (κ2) is 8.52. The minimum Gasteiger partial charge on any atom is -0.493 e. The van der Waals surface area contributed by atoms with Gasteiger partial charge in [-0.2, -0.15) is 0 Å². The second-order valence-corrected chi connectivity index (χ2v) is 7.05. The van der Waals surface area contributed by atoms with E-state index in [1.165, 1.54) is 6.07 Å².